The van der Waals surface area contributed by atoms with Gasteiger partial charge < -0.3 is 14.1 Å². The third-order valence-electron chi connectivity index (χ3n) is 4.93. The molecule has 2 aromatic rings. The number of fused-ring (bicyclic) bond motifs is 1. The maximum absolute atomic E-state index is 12.9. The molecule has 3 heterocycles. The maximum Gasteiger partial charge on any atom is 0.257 e. The Labute approximate surface area is 141 Å². The zero-order chi connectivity index (χ0) is 16.5. The van der Waals surface area contributed by atoms with Crippen molar-refractivity contribution >= 4 is 5.91 Å². The molecule has 0 radical (unpaired) electrons. The molecule has 1 saturated carbocycles. The number of ether oxygens (including phenoxy) is 1. The smallest absolute Gasteiger partial charge is 0.257 e. The van der Waals surface area contributed by atoms with Crippen LogP contribution in [-0.4, -0.2) is 40.3 Å². The van der Waals surface area contributed by atoms with E-state index in [9.17, 15) is 4.79 Å². The Hall–Kier alpha value is -2.08. The second-order valence-electron chi connectivity index (χ2n) is 6.63. The van der Waals surface area contributed by atoms with Crippen LogP contribution in [0.25, 0.3) is 0 Å². The molecule has 1 amide bonds. The number of amides is 1. The molecule has 0 N–H and O–H groups in total. The first-order valence-electron chi connectivity index (χ1n) is 8.73. The third kappa shape index (κ3) is 2.86. The van der Waals surface area contributed by atoms with Crippen molar-refractivity contribution in [3.8, 4) is 0 Å². The number of hydrogen-bond acceptors (Lipinski definition) is 4. The average molecular weight is 329 g/mol. The van der Waals surface area contributed by atoms with Gasteiger partial charge in [0, 0.05) is 19.7 Å². The Morgan fingerprint density at radius 1 is 1.42 bits per heavy atom. The molecule has 0 aromatic carbocycles. The fourth-order valence-electron chi connectivity index (χ4n) is 3.40. The van der Waals surface area contributed by atoms with Crippen molar-refractivity contribution in [3.05, 3.63) is 41.6 Å². The first-order chi connectivity index (χ1) is 11.8. The predicted molar refractivity (Wildman–Crippen MR) is 87.6 cm³/mol. The van der Waals surface area contributed by atoms with Crippen LogP contribution in [0.2, 0.25) is 0 Å². The molecule has 1 aliphatic heterocycles. The largest absolute Gasteiger partial charge is 0.472 e. The molecule has 128 valence electrons. The van der Waals surface area contributed by atoms with Crippen LogP contribution in [0.3, 0.4) is 0 Å². The highest BCUT2D eigenvalue weighted by molar-refractivity contribution is 5.94. The molecular formula is C18H23N3O3. The summed E-state index contributed by atoms with van der Waals surface area (Å²) in [4.78, 5) is 14.8. The molecule has 6 heteroatoms. The molecule has 1 fully saturated rings. The molecule has 6 nitrogen and oxygen atoms in total. The summed E-state index contributed by atoms with van der Waals surface area (Å²) in [6.07, 6.45) is 8.35. The van der Waals surface area contributed by atoms with Crippen molar-refractivity contribution in [1.82, 2.24) is 14.7 Å². The highest BCUT2D eigenvalue weighted by Gasteiger charge is 2.35. The quantitative estimate of drug-likeness (QED) is 0.817. The Kier molecular flexibility index (Phi) is 4.14. The van der Waals surface area contributed by atoms with E-state index in [1.165, 1.54) is 30.9 Å². The first kappa shape index (κ1) is 15.4. The van der Waals surface area contributed by atoms with Crippen molar-refractivity contribution in [2.75, 3.05) is 19.8 Å². The van der Waals surface area contributed by atoms with Crippen molar-refractivity contribution < 1.29 is 13.9 Å². The van der Waals surface area contributed by atoms with Gasteiger partial charge in [0.15, 0.2) is 0 Å². The minimum Gasteiger partial charge on any atom is -0.472 e. The van der Waals surface area contributed by atoms with Gasteiger partial charge >= 0.3 is 0 Å². The molecular weight excluding hydrogens is 306 g/mol. The number of aryl methyl sites for hydroxylation is 1. The highest BCUT2D eigenvalue weighted by atomic mass is 16.5. The fraction of sp³-hybridized carbons (Fsp3) is 0.556. The minimum atomic E-state index is -0.0858. The predicted octanol–water partition coefficient (Wildman–Crippen LogP) is 2.66. The molecule has 0 bridgehead atoms. The van der Waals surface area contributed by atoms with Gasteiger partial charge in [-0.05, 0) is 43.7 Å². The molecule has 1 aliphatic carbocycles. The van der Waals surface area contributed by atoms with Crippen molar-refractivity contribution in [2.24, 2.45) is 5.92 Å². The summed E-state index contributed by atoms with van der Waals surface area (Å²) in [5.74, 6) is 0.709. The Morgan fingerprint density at radius 2 is 2.29 bits per heavy atom. The lowest BCUT2D eigenvalue weighted by Crippen LogP contribution is -2.42. The molecule has 0 unspecified atom stereocenters. The third-order valence-corrected chi connectivity index (χ3v) is 4.93. The van der Waals surface area contributed by atoms with Crippen LogP contribution in [0.1, 0.15) is 47.4 Å². The van der Waals surface area contributed by atoms with Gasteiger partial charge in [-0.2, -0.15) is 5.10 Å². The summed E-state index contributed by atoms with van der Waals surface area (Å²) >= 11 is 0. The standard InChI is InChI=1S/C18H23N3O3/c1-2-21-17-14(9-19-21)5-7-20(18(22)15-6-8-23-11-15)16(17)12-24-10-13-3-4-13/h6,8-9,11,13,16H,2-5,7,10,12H2,1H3/t16-/m1/s1. The Bertz CT molecular complexity index is 690. The van der Waals surface area contributed by atoms with E-state index in [1.54, 1.807) is 6.07 Å². The number of furan rings is 1. The van der Waals surface area contributed by atoms with Crippen LogP contribution in [0.4, 0.5) is 0 Å². The molecule has 2 aromatic heterocycles. The van der Waals surface area contributed by atoms with Crippen molar-refractivity contribution in [2.45, 2.75) is 38.8 Å². The summed E-state index contributed by atoms with van der Waals surface area (Å²) < 4.78 is 13.0. The van der Waals surface area contributed by atoms with E-state index in [2.05, 4.69) is 12.0 Å². The molecule has 2 aliphatic rings. The molecule has 1 atom stereocenters. The number of hydrogen-bond donors (Lipinski definition) is 0. The van der Waals surface area contributed by atoms with E-state index in [4.69, 9.17) is 9.15 Å². The number of rotatable bonds is 6. The highest BCUT2D eigenvalue weighted by Crippen LogP contribution is 2.33. The number of carbonyl (C=O) groups is 1. The van der Waals surface area contributed by atoms with Crippen LogP contribution in [0, 0.1) is 5.92 Å². The maximum atomic E-state index is 12.9. The van der Waals surface area contributed by atoms with E-state index in [-0.39, 0.29) is 11.9 Å². The lowest BCUT2D eigenvalue weighted by atomic mass is 9.99. The van der Waals surface area contributed by atoms with Crippen molar-refractivity contribution in [1.29, 1.82) is 0 Å². The van der Waals surface area contributed by atoms with E-state index >= 15 is 0 Å². The van der Waals surface area contributed by atoms with Crippen LogP contribution in [0.15, 0.2) is 29.2 Å². The van der Waals surface area contributed by atoms with Gasteiger partial charge in [-0.3, -0.25) is 9.48 Å². The topological polar surface area (TPSA) is 60.5 Å². The van der Waals surface area contributed by atoms with Gasteiger partial charge in [0.25, 0.3) is 5.91 Å². The Morgan fingerprint density at radius 3 is 3.00 bits per heavy atom. The lowest BCUT2D eigenvalue weighted by Gasteiger charge is -2.36. The summed E-state index contributed by atoms with van der Waals surface area (Å²) in [7, 11) is 0. The molecule has 24 heavy (non-hydrogen) atoms. The summed E-state index contributed by atoms with van der Waals surface area (Å²) in [5, 5.41) is 4.48. The van der Waals surface area contributed by atoms with E-state index in [0.717, 1.165) is 25.3 Å². The van der Waals surface area contributed by atoms with Crippen molar-refractivity contribution in [3.63, 3.8) is 0 Å². The second kappa shape index (κ2) is 6.43. The van der Waals surface area contributed by atoms with Gasteiger partial charge in [-0.1, -0.05) is 0 Å². The monoisotopic (exact) mass is 329 g/mol. The van der Waals surface area contributed by atoms with Crippen LogP contribution in [-0.2, 0) is 17.7 Å². The van der Waals surface area contributed by atoms with E-state index in [0.29, 0.717) is 24.6 Å². The van der Waals surface area contributed by atoms with Crippen LogP contribution in [0.5, 0.6) is 0 Å². The van der Waals surface area contributed by atoms with E-state index < -0.39 is 0 Å². The van der Waals surface area contributed by atoms with Gasteiger partial charge in [-0.25, -0.2) is 0 Å². The van der Waals surface area contributed by atoms with Gasteiger partial charge in [0.05, 0.1) is 36.4 Å². The summed E-state index contributed by atoms with van der Waals surface area (Å²) in [6, 6.07) is 1.63. The zero-order valence-corrected chi connectivity index (χ0v) is 14.0. The van der Waals surface area contributed by atoms with E-state index in [1.807, 2.05) is 15.8 Å². The number of nitrogens with zero attached hydrogens (tertiary/aromatic N) is 3. The minimum absolute atomic E-state index is 0.00160. The van der Waals surface area contributed by atoms with Crippen LogP contribution < -0.4 is 0 Å². The normalized spacial score (nSPS) is 20.2. The molecule has 4 rings (SSSR count). The summed E-state index contributed by atoms with van der Waals surface area (Å²) in [6.45, 7) is 4.87. The SMILES string of the molecule is CCn1ncc2c1[C@@H](COCC1CC1)N(C(=O)c1ccoc1)CC2. The number of carbonyl (C=O) groups excluding carboxylic acids is 1. The first-order valence-corrected chi connectivity index (χ1v) is 8.73. The van der Waals surface area contributed by atoms with Gasteiger partial charge in [0.1, 0.15) is 6.26 Å². The second-order valence-corrected chi connectivity index (χ2v) is 6.63. The Balaban J connectivity index is 1.60. The van der Waals surface area contributed by atoms with Gasteiger partial charge in [0.2, 0.25) is 0 Å². The fourth-order valence-corrected chi connectivity index (χ4v) is 3.40. The zero-order valence-electron chi connectivity index (χ0n) is 14.0. The van der Waals surface area contributed by atoms with Gasteiger partial charge in [-0.15, -0.1) is 0 Å². The summed E-state index contributed by atoms with van der Waals surface area (Å²) in [5.41, 5.74) is 2.94. The molecule has 0 spiro atoms. The average Bonchev–Trinajstić information content (AvgIpc) is 3.11. The molecule has 0 saturated heterocycles. The lowest BCUT2D eigenvalue weighted by molar-refractivity contribution is 0.0345. The number of aromatic nitrogens is 2. The van der Waals surface area contributed by atoms with Crippen LogP contribution >= 0.6 is 0 Å².